The number of carbonyl (C=O) groups is 1. The number of amides is 1. The summed E-state index contributed by atoms with van der Waals surface area (Å²) in [6.07, 6.45) is 0.272. The summed E-state index contributed by atoms with van der Waals surface area (Å²) in [4.78, 5) is 12.0. The van der Waals surface area contributed by atoms with Crippen molar-refractivity contribution in [3.63, 3.8) is 0 Å². The average Bonchev–Trinajstić information content (AvgIpc) is 2.42. The van der Waals surface area contributed by atoms with Crippen LogP contribution in [0.1, 0.15) is 45.7 Å². The maximum atomic E-state index is 12.0. The molecule has 1 aromatic rings. The van der Waals surface area contributed by atoms with Crippen molar-refractivity contribution in [2.45, 2.75) is 45.8 Å². The zero-order chi connectivity index (χ0) is 16.9. The lowest BCUT2D eigenvalue weighted by Crippen LogP contribution is -2.34. The maximum Gasteiger partial charge on any atom is 0.408 e. The molecular weight excluding hydrogens is 350 g/mol. The number of methoxy groups -OCH3 is 2. The van der Waals surface area contributed by atoms with E-state index in [1.54, 1.807) is 14.2 Å². The lowest BCUT2D eigenvalue weighted by Gasteiger charge is -2.24. The second kappa shape index (κ2) is 7.72. The number of rotatable bonds is 5. The van der Waals surface area contributed by atoms with Crippen molar-refractivity contribution in [2.75, 3.05) is 14.2 Å². The zero-order valence-corrected chi connectivity index (χ0v) is 15.5. The van der Waals surface area contributed by atoms with Gasteiger partial charge in [-0.25, -0.2) is 4.79 Å². The van der Waals surface area contributed by atoms with Crippen LogP contribution in [0.2, 0.25) is 0 Å². The fourth-order valence-corrected chi connectivity index (χ4v) is 2.59. The molecule has 1 amide bonds. The topological polar surface area (TPSA) is 56.8 Å². The van der Waals surface area contributed by atoms with Gasteiger partial charge in [0.25, 0.3) is 0 Å². The summed E-state index contributed by atoms with van der Waals surface area (Å²) in [5.74, 6) is 1.25. The zero-order valence-electron chi connectivity index (χ0n) is 14.0. The Balaban J connectivity index is 3.02. The molecule has 0 spiro atoms. The van der Waals surface area contributed by atoms with E-state index in [1.807, 2.05) is 39.8 Å². The number of ether oxygens (including phenoxy) is 3. The third-order valence-electron chi connectivity index (χ3n) is 2.98. The van der Waals surface area contributed by atoms with E-state index in [9.17, 15) is 4.79 Å². The first kappa shape index (κ1) is 18.6. The summed E-state index contributed by atoms with van der Waals surface area (Å²) < 4.78 is 16.7. The van der Waals surface area contributed by atoms with Crippen LogP contribution in [0, 0.1) is 0 Å². The van der Waals surface area contributed by atoms with Crippen molar-refractivity contribution in [2.24, 2.45) is 0 Å². The summed E-state index contributed by atoms with van der Waals surface area (Å²) in [5, 5.41) is 2.88. The molecule has 0 fully saturated rings. The van der Waals surface area contributed by atoms with E-state index in [0.29, 0.717) is 17.9 Å². The molecule has 1 aromatic carbocycles. The predicted octanol–water partition coefficient (Wildman–Crippen LogP) is 4.44. The smallest absolute Gasteiger partial charge is 0.408 e. The highest BCUT2D eigenvalue weighted by molar-refractivity contribution is 9.10. The molecule has 0 unspecified atom stereocenters. The van der Waals surface area contributed by atoms with Crippen LogP contribution in [-0.4, -0.2) is 25.9 Å². The van der Waals surface area contributed by atoms with Gasteiger partial charge in [-0.2, -0.15) is 0 Å². The molecule has 1 atom stereocenters. The van der Waals surface area contributed by atoms with Crippen LogP contribution in [0.3, 0.4) is 0 Å². The second-order valence-corrected chi connectivity index (χ2v) is 6.69. The largest absolute Gasteiger partial charge is 0.493 e. The molecule has 0 aromatic heterocycles. The third-order valence-corrected chi connectivity index (χ3v) is 3.66. The van der Waals surface area contributed by atoms with Gasteiger partial charge in [-0.05, 0) is 44.9 Å². The van der Waals surface area contributed by atoms with E-state index < -0.39 is 11.7 Å². The van der Waals surface area contributed by atoms with Crippen LogP contribution in [0.15, 0.2) is 16.6 Å². The molecule has 124 valence electrons. The van der Waals surface area contributed by atoms with Crippen LogP contribution < -0.4 is 14.8 Å². The minimum atomic E-state index is -0.531. The van der Waals surface area contributed by atoms with E-state index in [-0.39, 0.29) is 6.04 Å². The summed E-state index contributed by atoms with van der Waals surface area (Å²) in [5.41, 5.74) is 0.378. The van der Waals surface area contributed by atoms with Gasteiger partial charge >= 0.3 is 6.09 Å². The van der Waals surface area contributed by atoms with Crippen LogP contribution >= 0.6 is 15.9 Å². The van der Waals surface area contributed by atoms with E-state index in [1.165, 1.54) is 0 Å². The van der Waals surface area contributed by atoms with Gasteiger partial charge in [-0.1, -0.05) is 22.9 Å². The molecule has 0 bridgehead atoms. The molecule has 0 aliphatic carbocycles. The van der Waals surface area contributed by atoms with Crippen molar-refractivity contribution in [1.29, 1.82) is 0 Å². The summed E-state index contributed by atoms with van der Waals surface area (Å²) in [6, 6.07) is 3.49. The van der Waals surface area contributed by atoms with Crippen molar-refractivity contribution in [3.8, 4) is 11.5 Å². The molecule has 1 N–H and O–H groups in total. The Morgan fingerprint density at radius 3 is 2.23 bits per heavy atom. The number of halogens is 1. The lowest BCUT2D eigenvalue weighted by molar-refractivity contribution is 0.0502. The van der Waals surface area contributed by atoms with Gasteiger partial charge in [0.15, 0.2) is 11.5 Å². The maximum absolute atomic E-state index is 12.0. The van der Waals surface area contributed by atoms with Gasteiger partial charge in [0, 0.05) is 4.47 Å². The number of carbonyl (C=O) groups excluding carboxylic acids is 1. The highest BCUT2D eigenvalue weighted by atomic mass is 79.9. The summed E-state index contributed by atoms with van der Waals surface area (Å²) >= 11 is 3.52. The Hall–Kier alpha value is -1.43. The van der Waals surface area contributed by atoms with Crippen molar-refractivity contribution in [1.82, 2.24) is 5.32 Å². The monoisotopic (exact) mass is 373 g/mol. The minimum absolute atomic E-state index is 0.191. The quantitative estimate of drug-likeness (QED) is 0.828. The molecule has 1 rings (SSSR count). The van der Waals surface area contributed by atoms with E-state index >= 15 is 0 Å². The molecular formula is C16H24BrNO4. The SMILES string of the molecule is CC[C@@H](NC(=O)OC(C)(C)C)c1cc(OC)c(OC)cc1Br. The van der Waals surface area contributed by atoms with Gasteiger partial charge in [0.2, 0.25) is 0 Å². The minimum Gasteiger partial charge on any atom is -0.493 e. The molecule has 0 heterocycles. The van der Waals surface area contributed by atoms with Crippen molar-refractivity contribution < 1.29 is 19.0 Å². The summed E-state index contributed by atoms with van der Waals surface area (Å²) in [6.45, 7) is 7.49. The molecule has 5 nitrogen and oxygen atoms in total. The number of benzene rings is 1. The van der Waals surface area contributed by atoms with Gasteiger partial charge in [-0.15, -0.1) is 0 Å². The molecule has 0 aliphatic rings. The lowest BCUT2D eigenvalue weighted by atomic mass is 10.0. The Kier molecular flexibility index (Phi) is 6.53. The molecule has 0 saturated heterocycles. The Morgan fingerprint density at radius 2 is 1.77 bits per heavy atom. The molecule has 0 radical (unpaired) electrons. The number of hydrogen-bond donors (Lipinski definition) is 1. The number of nitrogens with one attached hydrogen (secondary N) is 1. The molecule has 0 saturated carbocycles. The van der Waals surface area contributed by atoms with Gasteiger partial charge < -0.3 is 19.5 Å². The van der Waals surface area contributed by atoms with Crippen molar-refractivity contribution in [3.05, 3.63) is 22.2 Å². The third kappa shape index (κ3) is 5.09. The Labute approximate surface area is 140 Å². The standard InChI is InChI=1S/C16H24BrNO4/c1-7-12(18-15(19)22-16(2,3)4)10-8-13(20-5)14(21-6)9-11(10)17/h8-9,12H,7H2,1-6H3,(H,18,19)/t12-/m1/s1. The van der Waals surface area contributed by atoms with Crippen LogP contribution in [-0.2, 0) is 4.74 Å². The second-order valence-electron chi connectivity index (χ2n) is 5.84. The van der Waals surface area contributed by atoms with Gasteiger partial charge in [0.05, 0.1) is 20.3 Å². The average molecular weight is 374 g/mol. The fraction of sp³-hybridized carbons (Fsp3) is 0.562. The van der Waals surface area contributed by atoms with E-state index in [4.69, 9.17) is 14.2 Å². The normalized spacial score (nSPS) is 12.5. The van der Waals surface area contributed by atoms with E-state index in [2.05, 4.69) is 21.2 Å². The summed E-state index contributed by atoms with van der Waals surface area (Å²) in [7, 11) is 3.16. The first-order chi connectivity index (χ1) is 10.2. The van der Waals surface area contributed by atoms with Crippen LogP contribution in [0.5, 0.6) is 11.5 Å². The first-order valence-electron chi connectivity index (χ1n) is 7.12. The molecule has 0 aliphatic heterocycles. The first-order valence-corrected chi connectivity index (χ1v) is 7.92. The number of alkyl carbamates (subject to hydrolysis) is 1. The Morgan fingerprint density at radius 1 is 1.23 bits per heavy atom. The Bertz CT molecular complexity index is 526. The van der Waals surface area contributed by atoms with Crippen LogP contribution in [0.4, 0.5) is 4.79 Å². The van der Waals surface area contributed by atoms with Gasteiger partial charge in [-0.3, -0.25) is 0 Å². The highest BCUT2D eigenvalue weighted by Gasteiger charge is 2.22. The van der Waals surface area contributed by atoms with Crippen LogP contribution in [0.25, 0.3) is 0 Å². The number of hydrogen-bond acceptors (Lipinski definition) is 4. The predicted molar refractivity (Wildman–Crippen MR) is 89.6 cm³/mol. The van der Waals surface area contributed by atoms with E-state index in [0.717, 1.165) is 10.0 Å². The molecule has 6 heteroatoms. The fourth-order valence-electron chi connectivity index (χ4n) is 1.99. The van der Waals surface area contributed by atoms with Gasteiger partial charge in [0.1, 0.15) is 5.60 Å². The highest BCUT2D eigenvalue weighted by Crippen LogP contribution is 2.36. The molecule has 22 heavy (non-hydrogen) atoms. The van der Waals surface area contributed by atoms with Crippen molar-refractivity contribution >= 4 is 22.0 Å².